The number of halogens is 1. The SMILES string of the molecule is COc1cc(N)ccc1C(=O)NC(C)c1cccc(F)c1. The van der Waals surface area contributed by atoms with Gasteiger partial charge in [-0.2, -0.15) is 0 Å². The minimum absolute atomic E-state index is 0.302. The number of amides is 1. The maximum Gasteiger partial charge on any atom is 0.255 e. The standard InChI is InChI=1S/C16H17FN2O2/c1-10(11-4-3-5-12(17)8-11)19-16(20)14-7-6-13(18)9-15(14)21-2/h3-10H,18H2,1-2H3,(H,19,20). The molecule has 1 unspecified atom stereocenters. The molecule has 4 nitrogen and oxygen atoms in total. The predicted octanol–water partition coefficient (Wildman–Crippen LogP) is 2.91. The van der Waals surface area contributed by atoms with E-state index in [0.29, 0.717) is 22.6 Å². The van der Waals surface area contributed by atoms with E-state index in [2.05, 4.69) is 5.32 Å². The number of nitrogens with two attached hydrogens (primary N) is 1. The summed E-state index contributed by atoms with van der Waals surface area (Å²) >= 11 is 0. The predicted molar refractivity (Wildman–Crippen MR) is 79.7 cm³/mol. The summed E-state index contributed by atoms with van der Waals surface area (Å²) in [6, 6.07) is 10.6. The van der Waals surface area contributed by atoms with Gasteiger partial charge in [-0.15, -0.1) is 0 Å². The number of ether oxygens (including phenoxy) is 1. The molecule has 0 heterocycles. The zero-order chi connectivity index (χ0) is 15.4. The van der Waals surface area contributed by atoms with Crippen LogP contribution in [-0.4, -0.2) is 13.0 Å². The zero-order valence-corrected chi connectivity index (χ0v) is 11.9. The Kier molecular flexibility index (Phi) is 4.42. The number of nitrogens with one attached hydrogen (secondary N) is 1. The average molecular weight is 288 g/mol. The fourth-order valence-electron chi connectivity index (χ4n) is 2.03. The molecule has 5 heteroatoms. The van der Waals surface area contributed by atoms with Crippen molar-refractivity contribution in [1.82, 2.24) is 5.32 Å². The van der Waals surface area contributed by atoms with Crippen molar-refractivity contribution in [3.63, 3.8) is 0 Å². The van der Waals surface area contributed by atoms with E-state index in [1.165, 1.54) is 19.2 Å². The molecular formula is C16H17FN2O2. The van der Waals surface area contributed by atoms with Crippen LogP contribution in [0.1, 0.15) is 28.9 Å². The highest BCUT2D eigenvalue weighted by molar-refractivity contribution is 5.97. The first-order valence-electron chi connectivity index (χ1n) is 6.51. The third kappa shape index (κ3) is 3.51. The minimum Gasteiger partial charge on any atom is -0.496 e. The number of methoxy groups -OCH3 is 1. The van der Waals surface area contributed by atoms with Crippen molar-refractivity contribution >= 4 is 11.6 Å². The summed E-state index contributed by atoms with van der Waals surface area (Å²) in [6.45, 7) is 1.79. The number of rotatable bonds is 4. The molecule has 0 radical (unpaired) electrons. The van der Waals surface area contributed by atoms with Gasteiger partial charge >= 0.3 is 0 Å². The van der Waals surface area contributed by atoms with E-state index in [1.807, 2.05) is 0 Å². The van der Waals surface area contributed by atoms with Crippen LogP contribution in [0.25, 0.3) is 0 Å². The molecule has 110 valence electrons. The highest BCUT2D eigenvalue weighted by Crippen LogP contribution is 2.22. The van der Waals surface area contributed by atoms with E-state index in [-0.39, 0.29) is 17.8 Å². The Hall–Kier alpha value is -2.56. The lowest BCUT2D eigenvalue weighted by Crippen LogP contribution is -2.27. The first kappa shape index (κ1) is 14.8. The number of benzene rings is 2. The molecule has 0 spiro atoms. The van der Waals surface area contributed by atoms with Gasteiger partial charge in [0, 0.05) is 11.8 Å². The molecule has 2 aromatic carbocycles. The molecule has 21 heavy (non-hydrogen) atoms. The first-order valence-corrected chi connectivity index (χ1v) is 6.51. The molecule has 1 atom stereocenters. The number of hydrogen-bond donors (Lipinski definition) is 2. The van der Waals surface area contributed by atoms with Crippen LogP contribution < -0.4 is 15.8 Å². The van der Waals surface area contributed by atoms with Gasteiger partial charge in [-0.25, -0.2) is 4.39 Å². The molecule has 0 aliphatic rings. The molecule has 0 saturated carbocycles. The van der Waals surface area contributed by atoms with Gasteiger partial charge < -0.3 is 15.8 Å². The Labute approximate surface area is 122 Å². The van der Waals surface area contributed by atoms with Gasteiger partial charge in [0.1, 0.15) is 11.6 Å². The second-order valence-corrected chi connectivity index (χ2v) is 4.71. The molecule has 0 saturated heterocycles. The van der Waals surface area contributed by atoms with Gasteiger partial charge in [-0.05, 0) is 36.8 Å². The van der Waals surface area contributed by atoms with Crippen molar-refractivity contribution in [1.29, 1.82) is 0 Å². The van der Waals surface area contributed by atoms with Gasteiger partial charge in [-0.3, -0.25) is 4.79 Å². The van der Waals surface area contributed by atoms with E-state index >= 15 is 0 Å². The molecule has 3 N–H and O–H groups in total. The van der Waals surface area contributed by atoms with Crippen LogP contribution in [0.3, 0.4) is 0 Å². The number of carbonyl (C=O) groups is 1. The van der Waals surface area contributed by atoms with E-state index < -0.39 is 0 Å². The van der Waals surface area contributed by atoms with E-state index in [4.69, 9.17) is 10.5 Å². The van der Waals surface area contributed by atoms with Crippen LogP contribution in [0, 0.1) is 5.82 Å². The Morgan fingerprint density at radius 3 is 2.71 bits per heavy atom. The Balaban J connectivity index is 2.18. The largest absolute Gasteiger partial charge is 0.496 e. The summed E-state index contributed by atoms with van der Waals surface area (Å²) in [6.07, 6.45) is 0. The fourth-order valence-corrected chi connectivity index (χ4v) is 2.03. The molecule has 1 amide bonds. The van der Waals surface area contributed by atoms with Crippen molar-refractivity contribution < 1.29 is 13.9 Å². The number of carbonyl (C=O) groups excluding carboxylic acids is 1. The van der Waals surface area contributed by atoms with E-state index in [9.17, 15) is 9.18 Å². The molecule has 0 bridgehead atoms. The quantitative estimate of drug-likeness (QED) is 0.850. The van der Waals surface area contributed by atoms with Crippen molar-refractivity contribution in [2.24, 2.45) is 0 Å². The van der Waals surface area contributed by atoms with Crippen LogP contribution in [0.4, 0.5) is 10.1 Å². The molecule has 0 aliphatic carbocycles. The minimum atomic E-state index is -0.335. The van der Waals surface area contributed by atoms with Gasteiger partial charge in [-0.1, -0.05) is 12.1 Å². The lowest BCUT2D eigenvalue weighted by atomic mass is 10.1. The molecule has 0 aromatic heterocycles. The Morgan fingerprint density at radius 2 is 2.05 bits per heavy atom. The van der Waals surface area contributed by atoms with Gasteiger partial charge in [0.25, 0.3) is 5.91 Å². The second kappa shape index (κ2) is 6.26. The van der Waals surface area contributed by atoms with Gasteiger partial charge in [0.2, 0.25) is 0 Å². The summed E-state index contributed by atoms with van der Waals surface area (Å²) in [5.41, 5.74) is 7.25. The van der Waals surface area contributed by atoms with Crippen molar-refractivity contribution in [3.8, 4) is 5.75 Å². The van der Waals surface area contributed by atoms with Crippen molar-refractivity contribution in [2.45, 2.75) is 13.0 Å². The Morgan fingerprint density at radius 1 is 1.29 bits per heavy atom. The normalized spacial score (nSPS) is 11.8. The van der Waals surface area contributed by atoms with E-state index in [1.54, 1.807) is 37.3 Å². The monoisotopic (exact) mass is 288 g/mol. The summed E-state index contributed by atoms with van der Waals surface area (Å²) in [4.78, 5) is 12.3. The van der Waals surface area contributed by atoms with Crippen LogP contribution >= 0.6 is 0 Å². The maximum atomic E-state index is 13.2. The van der Waals surface area contributed by atoms with Crippen molar-refractivity contribution in [3.05, 3.63) is 59.4 Å². The smallest absolute Gasteiger partial charge is 0.255 e. The lowest BCUT2D eigenvalue weighted by Gasteiger charge is -2.16. The first-order chi connectivity index (χ1) is 10.0. The van der Waals surface area contributed by atoms with Gasteiger partial charge in [0.05, 0.1) is 18.7 Å². The van der Waals surface area contributed by atoms with Crippen LogP contribution in [-0.2, 0) is 0 Å². The Bertz CT molecular complexity index is 658. The topological polar surface area (TPSA) is 64.3 Å². The summed E-state index contributed by atoms with van der Waals surface area (Å²) in [5, 5.41) is 2.81. The third-order valence-corrected chi connectivity index (χ3v) is 3.17. The van der Waals surface area contributed by atoms with Crippen LogP contribution in [0.2, 0.25) is 0 Å². The van der Waals surface area contributed by atoms with Crippen molar-refractivity contribution in [2.75, 3.05) is 12.8 Å². The number of anilines is 1. The highest BCUT2D eigenvalue weighted by atomic mass is 19.1. The number of hydrogen-bond acceptors (Lipinski definition) is 3. The second-order valence-electron chi connectivity index (χ2n) is 4.71. The molecule has 0 aliphatic heterocycles. The van der Waals surface area contributed by atoms with E-state index in [0.717, 1.165) is 0 Å². The summed E-state index contributed by atoms with van der Waals surface area (Å²) in [7, 11) is 1.47. The highest BCUT2D eigenvalue weighted by Gasteiger charge is 2.16. The summed E-state index contributed by atoms with van der Waals surface area (Å²) in [5.74, 6) is -0.235. The third-order valence-electron chi connectivity index (χ3n) is 3.17. The maximum absolute atomic E-state index is 13.2. The fraction of sp³-hybridized carbons (Fsp3) is 0.188. The average Bonchev–Trinajstić information content (AvgIpc) is 2.46. The molecule has 2 aromatic rings. The molecular weight excluding hydrogens is 271 g/mol. The molecule has 0 fully saturated rings. The van der Waals surface area contributed by atoms with Crippen LogP contribution in [0.15, 0.2) is 42.5 Å². The zero-order valence-electron chi connectivity index (χ0n) is 11.9. The van der Waals surface area contributed by atoms with Crippen LogP contribution in [0.5, 0.6) is 5.75 Å². The molecule has 2 rings (SSSR count). The summed E-state index contributed by atoms with van der Waals surface area (Å²) < 4.78 is 18.4. The number of nitrogen functional groups attached to an aromatic ring is 1. The lowest BCUT2D eigenvalue weighted by molar-refractivity contribution is 0.0937. The van der Waals surface area contributed by atoms with Gasteiger partial charge in [0.15, 0.2) is 0 Å².